The molecule has 0 saturated carbocycles. The molecule has 1 atom stereocenters. The third-order valence-corrected chi connectivity index (χ3v) is 3.44. The summed E-state index contributed by atoms with van der Waals surface area (Å²) in [5, 5.41) is 16.2. The Kier molecular flexibility index (Phi) is 5.28. The fourth-order valence-electron chi connectivity index (χ4n) is 1.78. The van der Waals surface area contributed by atoms with Gasteiger partial charge in [-0.15, -0.1) is 11.3 Å². The van der Waals surface area contributed by atoms with Crippen molar-refractivity contribution in [3.8, 4) is 0 Å². The van der Waals surface area contributed by atoms with Crippen molar-refractivity contribution in [2.45, 2.75) is 12.5 Å². The van der Waals surface area contributed by atoms with Gasteiger partial charge in [-0.1, -0.05) is 30.3 Å². The first-order valence-corrected chi connectivity index (χ1v) is 7.30. The van der Waals surface area contributed by atoms with Crippen molar-refractivity contribution in [1.82, 2.24) is 15.6 Å². The topological polar surface area (TPSA) is 91.3 Å². The van der Waals surface area contributed by atoms with E-state index in [0.717, 1.165) is 5.69 Å². The molecule has 0 aliphatic heterocycles. The van der Waals surface area contributed by atoms with Gasteiger partial charge in [0.15, 0.2) is 6.04 Å². The number of hydrogen-bond donors (Lipinski definition) is 3. The molecular weight excluding hydrogens is 290 g/mol. The monoisotopic (exact) mass is 305 g/mol. The number of carboxylic acid groups (broad SMARTS) is 1. The van der Waals surface area contributed by atoms with Crippen LogP contribution in [0.1, 0.15) is 17.3 Å². The summed E-state index contributed by atoms with van der Waals surface area (Å²) >= 11 is 1.49. The average Bonchev–Trinajstić information content (AvgIpc) is 2.98. The zero-order chi connectivity index (χ0) is 15.1. The summed E-state index contributed by atoms with van der Waals surface area (Å²) < 4.78 is 0. The molecule has 21 heavy (non-hydrogen) atoms. The SMILES string of the molecule is O=C(NCCc1cscn1)NC(C(=O)O)c1ccccc1. The lowest BCUT2D eigenvalue weighted by Crippen LogP contribution is -2.41. The van der Waals surface area contributed by atoms with Gasteiger partial charge in [0.1, 0.15) is 0 Å². The first-order valence-electron chi connectivity index (χ1n) is 6.36. The van der Waals surface area contributed by atoms with Crippen molar-refractivity contribution in [1.29, 1.82) is 0 Å². The standard InChI is InChI=1S/C14H15N3O3S/c18-13(19)12(10-4-2-1-3-5-10)17-14(20)15-7-6-11-8-21-9-16-11/h1-5,8-9,12H,6-7H2,(H,18,19)(H2,15,17,20). The highest BCUT2D eigenvalue weighted by molar-refractivity contribution is 7.07. The zero-order valence-corrected chi connectivity index (χ0v) is 12.0. The van der Waals surface area contributed by atoms with Crippen molar-refractivity contribution in [2.24, 2.45) is 0 Å². The van der Waals surface area contributed by atoms with Crippen LogP contribution < -0.4 is 10.6 Å². The third kappa shape index (κ3) is 4.57. The number of aliphatic carboxylic acids is 1. The molecule has 1 aromatic heterocycles. The summed E-state index contributed by atoms with van der Waals surface area (Å²) in [6.07, 6.45) is 0.611. The fourth-order valence-corrected chi connectivity index (χ4v) is 2.37. The maximum absolute atomic E-state index is 11.8. The molecule has 2 amide bonds. The van der Waals surface area contributed by atoms with E-state index in [0.29, 0.717) is 18.5 Å². The summed E-state index contributed by atoms with van der Waals surface area (Å²) in [7, 11) is 0. The van der Waals surface area contributed by atoms with Gasteiger partial charge < -0.3 is 15.7 Å². The number of carboxylic acids is 1. The van der Waals surface area contributed by atoms with E-state index >= 15 is 0 Å². The molecule has 7 heteroatoms. The normalized spacial score (nSPS) is 11.6. The van der Waals surface area contributed by atoms with Gasteiger partial charge in [0, 0.05) is 18.3 Å². The van der Waals surface area contributed by atoms with Gasteiger partial charge in [-0.3, -0.25) is 0 Å². The van der Waals surface area contributed by atoms with Crippen LogP contribution in [0.25, 0.3) is 0 Å². The first kappa shape index (κ1) is 15.0. The van der Waals surface area contributed by atoms with Crippen molar-refractivity contribution in [3.05, 3.63) is 52.5 Å². The molecular formula is C14H15N3O3S. The zero-order valence-electron chi connectivity index (χ0n) is 11.2. The van der Waals surface area contributed by atoms with E-state index in [9.17, 15) is 14.7 Å². The molecule has 1 unspecified atom stereocenters. The van der Waals surface area contributed by atoms with Gasteiger partial charge in [0.2, 0.25) is 0 Å². The van der Waals surface area contributed by atoms with E-state index in [1.807, 2.05) is 5.38 Å². The molecule has 0 aliphatic rings. The summed E-state index contributed by atoms with van der Waals surface area (Å²) in [5.74, 6) is -1.10. The van der Waals surface area contributed by atoms with Crippen LogP contribution in [0.5, 0.6) is 0 Å². The number of nitrogens with one attached hydrogen (secondary N) is 2. The number of urea groups is 1. The van der Waals surface area contributed by atoms with Crippen molar-refractivity contribution in [3.63, 3.8) is 0 Å². The summed E-state index contributed by atoms with van der Waals surface area (Å²) in [6, 6.07) is 6.99. The summed E-state index contributed by atoms with van der Waals surface area (Å²) in [6.45, 7) is 0.399. The van der Waals surface area contributed by atoms with Crippen LogP contribution >= 0.6 is 11.3 Å². The van der Waals surface area contributed by atoms with Crippen LogP contribution in [0, 0.1) is 0 Å². The Labute approximate surface area is 125 Å². The van der Waals surface area contributed by atoms with E-state index in [-0.39, 0.29) is 0 Å². The highest BCUT2D eigenvalue weighted by Gasteiger charge is 2.21. The van der Waals surface area contributed by atoms with Crippen molar-refractivity contribution < 1.29 is 14.7 Å². The second-order valence-corrected chi connectivity index (χ2v) is 5.03. The van der Waals surface area contributed by atoms with Gasteiger partial charge in [0.05, 0.1) is 11.2 Å². The van der Waals surface area contributed by atoms with Crippen molar-refractivity contribution in [2.75, 3.05) is 6.54 Å². The largest absolute Gasteiger partial charge is 0.479 e. The highest BCUT2D eigenvalue weighted by Crippen LogP contribution is 2.12. The third-order valence-electron chi connectivity index (χ3n) is 2.81. The van der Waals surface area contributed by atoms with E-state index in [1.165, 1.54) is 11.3 Å². The molecule has 0 fully saturated rings. The van der Waals surface area contributed by atoms with E-state index in [4.69, 9.17) is 0 Å². The molecule has 110 valence electrons. The molecule has 0 saturated heterocycles. The Morgan fingerprint density at radius 2 is 2.05 bits per heavy atom. The number of benzene rings is 1. The molecule has 0 radical (unpaired) electrons. The second kappa shape index (κ2) is 7.39. The number of amides is 2. The summed E-state index contributed by atoms with van der Waals surface area (Å²) in [5.41, 5.74) is 3.16. The minimum atomic E-state index is -1.10. The Morgan fingerprint density at radius 3 is 2.67 bits per heavy atom. The van der Waals surface area contributed by atoms with Gasteiger partial charge >= 0.3 is 12.0 Å². The van der Waals surface area contributed by atoms with Gasteiger partial charge in [-0.05, 0) is 5.56 Å². The number of hydrogen-bond acceptors (Lipinski definition) is 4. The number of carbonyl (C=O) groups excluding carboxylic acids is 1. The van der Waals surface area contributed by atoms with Crippen LogP contribution in [-0.2, 0) is 11.2 Å². The molecule has 2 rings (SSSR count). The molecule has 2 aromatic rings. The fraction of sp³-hybridized carbons (Fsp3) is 0.214. The summed E-state index contributed by atoms with van der Waals surface area (Å²) in [4.78, 5) is 27.1. The van der Waals surface area contributed by atoms with E-state index in [2.05, 4.69) is 15.6 Å². The van der Waals surface area contributed by atoms with Crippen LogP contribution in [0.15, 0.2) is 41.2 Å². The quantitative estimate of drug-likeness (QED) is 0.759. The predicted octanol–water partition coefficient (Wildman–Crippen LogP) is 1.81. The first-order chi connectivity index (χ1) is 10.2. The highest BCUT2D eigenvalue weighted by atomic mass is 32.1. The lowest BCUT2D eigenvalue weighted by molar-refractivity contribution is -0.139. The molecule has 6 nitrogen and oxygen atoms in total. The van der Waals surface area contributed by atoms with Gasteiger partial charge in [-0.2, -0.15) is 0 Å². The smallest absolute Gasteiger partial charge is 0.330 e. The molecule has 3 N–H and O–H groups in total. The number of nitrogens with zero attached hydrogens (tertiary/aromatic N) is 1. The predicted molar refractivity (Wildman–Crippen MR) is 79.2 cm³/mol. The number of carbonyl (C=O) groups is 2. The van der Waals surface area contributed by atoms with Crippen LogP contribution in [-0.4, -0.2) is 28.6 Å². The number of aromatic nitrogens is 1. The maximum atomic E-state index is 11.8. The minimum Gasteiger partial charge on any atom is -0.479 e. The Bertz CT molecular complexity index is 587. The Morgan fingerprint density at radius 1 is 1.29 bits per heavy atom. The van der Waals surface area contributed by atoms with Crippen LogP contribution in [0.2, 0.25) is 0 Å². The maximum Gasteiger partial charge on any atom is 0.330 e. The molecule has 0 bridgehead atoms. The van der Waals surface area contributed by atoms with Crippen LogP contribution in [0.4, 0.5) is 4.79 Å². The Hall–Kier alpha value is -2.41. The van der Waals surface area contributed by atoms with E-state index < -0.39 is 18.0 Å². The van der Waals surface area contributed by atoms with E-state index in [1.54, 1.807) is 35.8 Å². The van der Waals surface area contributed by atoms with Gasteiger partial charge in [0.25, 0.3) is 0 Å². The Balaban J connectivity index is 1.85. The molecule has 0 aliphatic carbocycles. The number of rotatable bonds is 6. The van der Waals surface area contributed by atoms with Crippen LogP contribution in [0.3, 0.4) is 0 Å². The van der Waals surface area contributed by atoms with Gasteiger partial charge in [-0.25, -0.2) is 14.6 Å². The molecule has 1 heterocycles. The average molecular weight is 305 g/mol. The lowest BCUT2D eigenvalue weighted by atomic mass is 10.1. The number of thiazole rings is 1. The van der Waals surface area contributed by atoms with Crippen molar-refractivity contribution >= 4 is 23.3 Å². The lowest BCUT2D eigenvalue weighted by Gasteiger charge is -2.15. The molecule has 0 spiro atoms. The molecule has 1 aromatic carbocycles. The minimum absolute atomic E-state index is 0.399. The second-order valence-electron chi connectivity index (χ2n) is 4.31.